The number of benzene rings is 2. The molecule has 0 aliphatic rings. The minimum Gasteiger partial charge on any atom is -0.455 e. The molecule has 120 valence electrons. The fourth-order valence-electron chi connectivity index (χ4n) is 1.87. The lowest BCUT2D eigenvalue weighted by Crippen LogP contribution is -2.21. The van der Waals surface area contributed by atoms with E-state index in [1.807, 2.05) is 54.6 Å². The summed E-state index contributed by atoms with van der Waals surface area (Å²) < 4.78 is 4.97. The molecule has 0 spiro atoms. The number of aryl methyl sites for hydroxylation is 1. The van der Waals surface area contributed by atoms with Crippen LogP contribution in [0.4, 0.5) is 5.69 Å². The van der Waals surface area contributed by atoms with Gasteiger partial charge >= 0.3 is 5.97 Å². The molecule has 0 radical (unpaired) electrons. The van der Waals surface area contributed by atoms with Crippen LogP contribution < -0.4 is 5.32 Å². The molecule has 1 amide bonds. The van der Waals surface area contributed by atoms with Crippen molar-refractivity contribution in [3.8, 4) is 0 Å². The number of nitrogens with one attached hydrogen (secondary N) is 1. The van der Waals surface area contributed by atoms with Crippen LogP contribution >= 0.6 is 11.8 Å². The number of carbonyl (C=O) groups is 2. The van der Waals surface area contributed by atoms with Gasteiger partial charge in [-0.25, -0.2) is 0 Å². The molecule has 2 aromatic carbocycles. The number of anilines is 1. The van der Waals surface area contributed by atoms with Gasteiger partial charge in [0.15, 0.2) is 6.61 Å². The molecule has 0 heterocycles. The van der Waals surface area contributed by atoms with Crippen molar-refractivity contribution in [1.82, 2.24) is 0 Å². The van der Waals surface area contributed by atoms with E-state index in [-0.39, 0.29) is 18.3 Å². The molecule has 0 saturated heterocycles. The van der Waals surface area contributed by atoms with E-state index in [2.05, 4.69) is 12.2 Å². The van der Waals surface area contributed by atoms with Crippen LogP contribution in [-0.2, 0) is 20.7 Å². The summed E-state index contributed by atoms with van der Waals surface area (Å²) in [5.74, 6) is -0.565. The van der Waals surface area contributed by atoms with Crippen molar-refractivity contribution in [2.45, 2.75) is 18.2 Å². The van der Waals surface area contributed by atoms with Crippen molar-refractivity contribution in [2.75, 3.05) is 17.7 Å². The Hall–Kier alpha value is -2.27. The molecule has 0 bridgehead atoms. The van der Waals surface area contributed by atoms with Gasteiger partial charge in [0.2, 0.25) is 0 Å². The maximum Gasteiger partial charge on any atom is 0.316 e. The van der Waals surface area contributed by atoms with Gasteiger partial charge in [0.05, 0.1) is 5.75 Å². The Labute approximate surface area is 140 Å². The molecule has 0 aromatic heterocycles. The quantitative estimate of drug-likeness (QED) is 0.624. The SMILES string of the molecule is CCc1ccc(NC(=O)COC(=O)CSc2ccccc2)cc1. The summed E-state index contributed by atoms with van der Waals surface area (Å²) in [6.45, 7) is 1.80. The summed E-state index contributed by atoms with van der Waals surface area (Å²) in [4.78, 5) is 24.4. The van der Waals surface area contributed by atoms with Gasteiger partial charge in [-0.15, -0.1) is 11.8 Å². The smallest absolute Gasteiger partial charge is 0.316 e. The highest BCUT2D eigenvalue weighted by molar-refractivity contribution is 8.00. The Morgan fingerprint density at radius 2 is 1.74 bits per heavy atom. The molecule has 2 rings (SSSR count). The first-order chi connectivity index (χ1) is 11.2. The first kappa shape index (κ1) is 17.1. The lowest BCUT2D eigenvalue weighted by atomic mass is 10.1. The Kier molecular flexibility index (Phi) is 6.69. The maximum atomic E-state index is 11.8. The number of thioether (sulfide) groups is 1. The highest BCUT2D eigenvalue weighted by atomic mass is 32.2. The van der Waals surface area contributed by atoms with Crippen LogP contribution in [0.3, 0.4) is 0 Å². The van der Waals surface area contributed by atoms with Crippen LogP contribution in [0.1, 0.15) is 12.5 Å². The van der Waals surface area contributed by atoms with Crippen LogP contribution in [0, 0.1) is 0 Å². The molecule has 23 heavy (non-hydrogen) atoms. The van der Waals surface area contributed by atoms with Crippen LogP contribution in [0.15, 0.2) is 59.5 Å². The summed E-state index contributed by atoms with van der Waals surface area (Å²) in [6, 6.07) is 17.2. The lowest BCUT2D eigenvalue weighted by molar-refractivity contribution is -0.144. The molecule has 1 N–H and O–H groups in total. The number of carbonyl (C=O) groups excluding carboxylic acids is 2. The van der Waals surface area contributed by atoms with Crippen molar-refractivity contribution < 1.29 is 14.3 Å². The molecule has 0 saturated carbocycles. The molecule has 0 fully saturated rings. The Morgan fingerprint density at radius 3 is 2.39 bits per heavy atom. The second kappa shape index (κ2) is 9.00. The molecule has 0 aliphatic carbocycles. The molecular weight excluding hydrogens is 310 g/mol. The molecule has 0 atom stereocenters. The van der Waals surface area contributed by atoms with Crippen LogP contribution in [0.2, 0.25) is 0 Å². The number of amides is 1. The van der Waals surface area contributed by atoms with E-state index in [4.69, 9.17) is 4.74 Å². The first-order valence-electron chi connectivity index (χ1n) is 7.39. The average molecular weight is 329 g/mol. The average Bonchev–Trinajstić information content (AvgIpc) is 2.60. The Bertz CT molecular complexity index is 641. The van der Waals surface area contributed by atoms with Gasteiger partial charge in [-0.05, 0) is 36.2 Å². The van der Waals surface area contributed by atoms with E-state index in [9.17, 15) is 9.59 Å². The highest BCUT2D eigenvalue weighted by Gasteiger charge is 2.08. The summed E-state index contributed by atoms with van der Waals surface area (Å²) in [6.07, 6.45) is 0.949. The van der Waals surface area contributed by atoms with Crippen molar-refractivity contribution in [2.24, 2.45) is 0 Å². The van der Waals surface area contributed by atoms with E-state index in [0.29, 0.717) is 5.69 Å². The van der Waals surface area contributed by atoms with Gasteiger partial charge in [0.25, 0.3) is 5.91 Å². The van der Waals surface area contributed by atoms with E-state index < -0.39 is 5.97 Å². The molecule has 2 aromatic rings. The molecule has 0 unspecified atom stereocenters. The topological polar surface area (TPSA) is 55.4 Å². The van der Waals surface area contributed by atoms with E-state index >= 15 is 0 Å². The van der Waals surface area contributed by atoms with Crippen molar-refractivity contribution in [1.29, 1.82) is 0 Å². The molecular formula is C18H19NO3S. The fourth-order valence-corrected chi connectivity index (χ4v) is 2.58. The van der Waals surface area contributed by atoms with Gasteiger partial charge in [-0.2, -0.15) is 0 Å². The third-order valence-corrected chi connectivity index (χ3v) is 4.10. The predicted molar refractivity (Wildman–Crippen MR) is 92.6 cm³/mol. The Morgan fingerprint density at radius 1 is 1.04 bits per heavy atom. The molecule has 0 aliphatic heterocycles. The van der Waals surface area contributed by atoms with Crippen LogP contribution in [0.5, 0.6) is 0 Å². The fraction of sp³-hybridized carbons (Fsp3) is 0.222. The van der Waals surface area contributed by atoms with E-state index in [1.54, 1.807) is 0 Å². The van der Waals surface area contributed by atoms with Gasteiger partial charge in [-0.1, -0.05) is 37.3 Å². The number of hydrogen-bond acceptors (Lipinski definition) is 4. The maximum absolute atomic E-state index is 11.8. The van der Waals surface area contributed by atoms with E-state index in [0.717, 1.165) is 11.3 Å². The van der Waals surface area contributed by atoms with Crippen molar-refractivity contribution >= 4 is 29.3 Å². The highest BCUT2D eigenvalue weighted by Crippen LogP contribution is 2.16. The summed E-state index contributed by atoms with van der Waals surface area (Å²) in [7, 11) is 0. The summed E-state index contributed by atoms with van der Waals surface area (Å²) >= 11 is 1.38. The normalized spacial score (nSPS) is 10.1. The van der Waals surface area contributed by atoms with E-state index in [1.165, 1.54) is 17.3 Å². The van der Waals surface area contributed by atoms with Gasteiger partial charge < -0.3 is 10.1 Å². The second-order valence-electron chi connectivity index (χ2n) is 4.86. The monoisotopic (exact) mass is 329 g/mol. The summed E-state index contributed by atoms with van der Waals surface area (Å²) in [5.41, 5.74) is 1.90. The minimum atomic E-state index is -0.407. The number of hydrogen-bond donors (Lipinski definition) is 1. The number of esters is 1. The van der Waals surface area contributed by atoms with Gasteiger partial charge in [-0.3, -0.25) is 9.59 Å². The number of ether oxygens (including phenoxy) is 1. The third kappa shape index (κ3) is 6.16. The molecule has 5 heteroatoms. The predicted octanol–water partition coefficient (Wildman–Crippen LogP) is 3.52. The van der Waals surface area contributed by atoms with Gasteiger partial charge in [0, 0.05) is 10.6 Å². The van der Waals surface area contributed by atoms with Crippen LogP contribution in [-0.4, -0.2) is 24.2 Å². The van der Waals surface area contributed by atoms with Gasteiger partial charge in [0.1, 0.15) is 0 Å². The zero-order valence-corrected chi connectivity index (χ0v) is 13.8. The van der Waals surface area contributed by atoms with Crippen LogP contribution in [0.25, 0.3) is 0 Å². The molecule has 4 nitrogen and oxygen atoms in total. The third-order valence-electron chi connectivity index (χ3n) is 3.11. The largest absolute Gasteiger partial charge is 0.455 e. The summed E-state index contributed by atoms with van der Waals surface area (Å²) in [5, 5.41) is 2.70. The Balaban J connectivity index is 1.69. The van der Waals surface area contributed by atoms with Crippen molar-refractivity contribution in [3.05, 3.63) is 60.2 Å². The zero-order valence-electron chi connectivity index (χ0n) is 13.0. The zero-order chi connectivity index (χ0) is 16.5. The standard InChI is InChI=1S/C18H19NO3S/c1-2-14-8-10-15(11-9-14)19-17(20)12-22-18(21)13-23-16-6-4-3-5-7-16/h3-11H,2,12-13H2,1H3,(H,19,20). The first-order valence-corrected chi connectivity index (χ1v) is 8.38. The number of rotatable bonds is 7. The lowest BCUT2D eigenvalue weighted by Gasteiger charge is -2.07. The van der Waals surface area contributed by atoms with Crippen molar-refractivity contribution in [3.63, 3.8) is 0 Å². The second-order valence-corrected chi connectivity index (χ2v) is 5.91. The minimum absolute atomic E-state index is 0.183.